The second-order valence-corrected chi connectivity index (χ2v) is 6.04. The maximum Gasteiger partial charge on any atom is 0.257 e. The Kier molecular flexibility index (Phi) is 5.82. The van der Waals surface area contributed by atoms with Gasteiger partial charge in [0.2, 0.25) is 0 Å². The van der Waals surface area contributed by atoms with Gasteiger partial charge in [-0.3, -0.25) is 4.79 Å². The Morgan fingerprint density at radius 3 is 2.70 bits per heavy atom. The van der Waals surface area contributed by atoms with E-state index >= 15 is 0 Å². The maximum absolute atomic E-state index is 11.8. The number of nitrogens with one attached hydrogen (secondary N) is 1. The zero-order valence-electron chi connectivity index (χ0n) is 12.8. The van der Waals surface area contributed by atoms with Crippen LogP contribution in [0.5, 0.6) is 5.75 Å². The SMILES string of the molecule is CN(C)CC(C)(C)CNC(=O)COc1cccc(N)c1. The van der Waals surface area contributed by atoms with Crippen LogP contribution in [0.2, 0.25) is 0 Å². The summed E-state index contributed by atoms with van der Waals surface area (Å²) >= 11 is 0. The molecule has 0 fully saturated rings. The van der Waals surface area contributed by atoms with E-state index in [1.165, 1.54) is 0 Å². The number of hydrogen-bond acceptors (Lipinski definition) is 4. The standard InChI is InChI=1S/C15H25N3O2/c1-15(2,11-18(3)4)10-17-14(19)9-20-13-7-5-6-12(16)8-13/h5-8H,9-11,16H2,1-4H3,(H,17,19). The molecule has 0 radical (unpaired) electrons. The van der Waals surface area contributed by atoms with Crippen LogP contribution in [0.25, 0.3) is 0 Å². The molecular weight excluding hydrogens is 254 g/mol. The summed E-state index contributed by atoms with van der Waals surface area (Å²) in [6, 6.07) is 7.04. The van der Waals surface area contributed by atoms with Crippen molar-refractivity contribution >= 4 is 11.6 Å². The molecule has 0 aliphatic carbocycles. The summed E-state index contributed by atoms with van der Waals surface area (Å²) in [6.07, 6.45) is 0. The minimum Gasteiger partial charge on any atom is -0.484 e. The normalized spacial score (nSPS) is 11.4. The van der Waals surface area contributed by atoms with Gasteiger partial charge in [-0.2, -0.15) is 0 Å². The van der Waals surface area contributed by atoms with Crippen LogP contribution >= 0.6 is 0 Å². The monoisotopic (exact) mass is 279 g/mol. The topological polar surface area (TPSA) is 67.6 Å². The molecule has 0 aromatic heterocycles. The zero-order chi connectivity index (χ0) is 15.2. The highest BCUT2D eigenvalue weighted by atomic mass is 16.5. The fraction of sp³-hybridized carbons (Fsp3) is 0.533. The van der Waals surface area contributed by atoms with Crippen LogP contribution in [0.15, 0.2) is 24.3 Å². The quantitative estimate of drug-likeness (QED) is 0.739. The molecule has 5 heteroatoms. The summed E-state index contributed by atoms with van der Waals surface area (Å²) in [6.45, 7) is 5.76. The van der Waals surface area contributed by atoms with Crippen molar-refractivity contribution in [2.75, 3.05) is 39.5 Å². The number of carbonyl (C=O) groups excluding carboxylic acids is 1. The van der Waals surface area contributed by atoms with E-state index in [1.807, 2.05) is 14.1 Å². The van der Waals surface area contributed by atoms with E-state index in [4.69, 9.17) is 10.5 Å². The number of ether oxygens (including phenoxy) is 1. The number of nitrogen functional groups attached to an aromatic ring is 1. The highest BCUT2D eigenvalue weighted by Crippen LogP contribution is 2.15. The first kappa shape index (κ1) is 16.3. The molecule has 0 saturated heterocycles. The summed E-state index contributed by atoms with van der Waals surface area (Å²) in [7, 11) is 4.04. The summed E-state index contributed by atoms with van der Waals surface area (Å²) in [5.41, 5.74) is 6.29. The molecule has 112 valence electrons. The lowest BCUT2D eigenvalue weighted by molar-refractivity contribution is -0.123. The Hall–Kier alpha value is -1.75. The van der Waals surface area contributed by atoms with Crippen LogP contribution in [-0.4, -0.2) is 44.6 Å². The van der Waals surface area contributed by atoms with E-state index in [1.54, 1.807) is 24.3 Å². The number of amides is 1. The van der Waals surface area contributed by atoms with Gasteiger partial charge in [0.25, 0.3) is 5.91 Å². The number of nitrogens with two attached hydrogens (primary N) is 1. The van der Waals surface area contributed by atoms with E-state index < -0.39 is 0 Å². The highest BCUT2D eigenvalue weighted by Gasteiger charge is 2.19. The van der Waals surface area contributed by atoms with Gasteiger partial charge in [0.15, 0.2) is 6.61 Å². The minimum absolute atomic E-state index is 0.00149. The van der Waals surface area contributed by atoms with E-state index in [0.717, 1.165) is 6.54 Å². The van der Waals surface area contributed by atoms with Crippen LogP contribution in [0.1, 0.15) is 13.8 Å². The molecule has 0 bridgehead atoms. The molecule has 20 heavy (non-hydrogen) atoms. The van der Waals surface area contributed by atoms with Crippen LogP contribution in [0.4, 0.5) is 5.69 Å². The first-order chi connectivity index (χ1) is 9.28. The van der Waals surface area contributed by atoms with Crippen LogP contribution in [0, 0.1) is 5.41 Å². The number of benzene rings is 1. The van der Waals surface area contributed by atoms with E-state index in [0.29, 0.717) is 18.0 Å². The Morgan fingerprint density at radius 1 is 1.40 bits per heavy atom. The fourth-order valence-corrected chi connectivity index (χ4v) is 2.05. The molecule has 1 aromatic carbocycles. The molecule has 0 spiro atoms. The summed E-state index contributed by atoms with van der Waals surface area (Å²) in [4.78, 5) is 13.9. The summed E-state index contributed by atoms with van der Waals surface area (Å²) in [5.74, 6) is 0.479. The molecule has 0 atom stereocenters. The maximum atomic E-state index is 11.8. The van der Waals surface area contributed by atoms with Crippen molar-refractivity contribution in [3.05, 3.63) is 24.3 Å². The molecule has 0 heterocycles. The number of nitrogens with zero attached hydrogens (tertiary/aromatic N) is 1. The number of anilines is 1. The molecule has 0 aliphatic rings. The highest BCUT2D eigenvalue weighted by molar-refractivity contribution is 5.77. The fourth-order valence-electron chi connectivity index (χ4n) is 2.05. The van der Waals surface area contributed by atoms with Crippen molar-refractivity contribution in [1.82, 2.24) is 10.2 Å². The average molecular weight is 279 g/mol. The number of carbonyl (C=O) groups is 1. The largest absolute Gasteiger partial charge is 0.484 e. The van der Waals surface area contributed by atoms with E-state index in [9.17, 15) is 4.79 Å². The first-order valence-corrected chi connectivity index (χ1v) is 6.68. The van der Waals surface area contributed by atoms with E-state index in [-0.39, 0.29) is 17.9 Å². The second-order valence-electron chi connectivity index (χ2n) is 6.04. The lowest BCUT2D eigenvalue weighted by Gasteiger charge is -2.28. The van der Waals surface area contributed by atoms with Crippen molar-refractivity contribution in [3.63, 3.8) is 0 Å². The predicted octanol–water partition coefficient (Wildman–Crippen LogP) is 1.35. The number of rotatable bonds is 7. The summed E-state index contributed by atoms with van der Waals surface area (Å²) < 4.78 is 5.39. The van der Waals surface area contributed by atoms with Gasteiger partial charge in [0.1, 0.15) is 5.75 Å². The van der Waals surface area contributed by atoms with Gasteiger partial charge in [-0.05, 0) is 31.6 Å². The lowest BCUT2D eigenvalue weighted by atomic mass is 9.93. The molecule has 1 amide bonds. The van der Waals surface area contributed by atoms with Gasteiger partial charge in [-0.25, -0.2) is 0 Å². The Labute approximate surface area is 121 Å². The van der Waals surface area contributed by atoms with Crippen molar-refractivity contribution in [2.45, 2.75) is 13.8 Å². The molecular formula is C15H25N3O2. The Bertz CT molecular complexity index is 444. The van der Waals surface area contributed by atoms with Gasteiger partial charge in [-0.1, -0.05) is 19.9 Å². The third kappa shape index (κ3) is 6.43. The first-order valence-electron chi connectivity index (χ1n) is 6.68. The molecule has 1 rings (SSSR count). The Morgan fingerprint density at radius 2 is 2.10 bits per heavy atom. The minimum atomic E-state index is -0.126. The van der Waals surface area contributed by atoms with Gasteiger partial charge in [-0.15, -0.1) is 0 Å². The molecule has 3 N–H and O–H groups in total. The smallest absolute Gasteiger partial charge is 0.257 e. The third-order valence-electron chi connectivity index (χ3n) is 2.74. The molecule has 1 aromatic rings. The van der Waals surface area contributed by atoms with Gasteiger partial charge in [0.05, 0.1) is 0 Å². The van der Waals surface area contributed by atoms with Gasteiger partial charge < -0.3 is 20.7 Å². The van der Waals surface area contributed by atoms with Crippen LogP contribution in [0.3, 0.4) is 0 Å². The summed E-state index contributed by atoms with van der Waals surface area (Å²) in [5, 5.41) is 2.89. The van der Waals surface area contributed by atoms with Crippen molar-refractivity contribution in [3.8, 4) is 5.75 Å². The Balaban J connectivity index is 2.34. The van der Waals surface area contributed by atoms with Crippen molar-refractivity contribution < 1.29 is 9.53 Å². The number of hydrogen-bond donors (Lipinski definition) is 2. The van der Waals surface area contributed by atoms with E-state index in [2.05, 4.69) is 24.1 Å². The molecule has 0 aliphatic heterocycles. The second kappa shape index (κ2) is 7.14. The average Bonchev–Trinajstić information content (AvgIpc) is 2.32. The van der Waals surface area contributed by atoms with Crippen molar-refractivity contribution in [1.29, 1.82) is 0 Å². The molecule has 5 nitrogen and oxygen atoms in total. The molecule has 0 saturated carbocycles. The van der Waals surface area contributed by atoms with Gasteiger partial charge in [0, 0.05) is 24.8 Å². The third-order valence-corrected chi connectivity index (χ3v) is 2.74. The van der Waals surface area contributed by atoms with Crippen LogP contribution < -0.4 is 15.8 Å². The van der Waals surface area contributed by atoms with Gasteiger partial charge >= 0.3 is 0 Å². The molecule has 0 unspecified atom stereocenters. The lowest BCUT2D eigenvalue weighted by Crippen LogP contribution is -2.41. The predicted molar refractivity (Wildman–Crippen MR) is 81.7 cm³/mol. The van der Waals surface area contributed by atoms with Crippen LogP contribution in [-0.2, 0) is 4.79 Å². The van der Waals surface area contributed by atoms with Crippen molar-refractivity contribution in [2.24, 2.45) is 5.41 Å². The zero-order valence-corrected chi connectivity index (χ0v) is 12.8.